The summed E-state index contributed by atoms with van der Waals surface area (Å²) in [7, 11) is 0.969. The molecule has 48 heavy (non-hydrogen) atoms. The van der Waals surface area contributed by atoms with Crippen LogP contribution >= 0.6 is 39.3 Å². The van der Waals surface area contributed by atoms with Crippen LogP contribution in [0.4, 0.5) is 0 Å². The van der Waals surface area contributed by atoms with Gasteiger partial charge in [-0.3, -0.25) is 0 Å². The minimum atomic E-state index is -1.33. The average molecular weight is 746 g/mol. The van der Waals surface area contributed by atoms with Crippen molar-refractivity contribution in [3.8, 4) is 23.0 Å². The highest BCUT2D eigenvalue weighted by molar-refractivity contribution is 7.76. The molecule has 8 nitrogen and oxygen atoms in total. The number of nitrogens with two attached hydrogens (primary N) is 1. The number of benzene rings is 4. The standard InChI is InChI=1S/C11H10NO2P.C10H6ClO2P.C6H15N.C4H10.C2H6ClN.CH5N.2CH4/c1-12-15-13-9-6-2-4-8-5-3-7-10(14-15)11(8)9;11-14-12-8-5-1-3-7-4-2-6-9(13-14)10(7)8;1-4-7(5-2)6-3;1-3-4-2;1-2-4-3;1-2;;/h2-7,12H,1H3;1-6H;4-6H2,1-3H3;3-4H2,1-2H3;4H,2H2,1H3;2H2,1H3;2*1H4. The van der Waals surface area contributed by atoms with Gasteiger partial charge in [-0.1, -0.05) is 118 Å². The SMILES string of the molecule is C.C.CCCC.CCN(CC)CC.CCNCl.CN.CNP1Oc2cccc3cccc(c23)O1.ClP1Oc2cccc3cccc(c23)O1. The van der Waals surface area contributed by atoms with Gasteiger partial charge in [0.1, 0.15) is 23.0 Å². The molecule has 12 heteroatoms. The molecule has 6 rings (SSSR count). The Morgan fingerprint density at radius 1 is 0.625 bits per heavy atom. The molecule has 0 aliphatic carbocycles. The summed E-state index contributed by atoms with van der Waals surface area (Å²) < 4.78 is 22.2. The first kappa shape index (κ1) is 48.0. The first-order chi connectivity index (χ1) is 22.4. The summed E-state index contributed by atoms with van der Waals surface area (Å²) in [5.74, 6) is 3.42. The third kappa shape index (κ3) is 15.6. The Labute approximate surface area is 303 Å². The normalized spacial score (nSPS) is 11.8. The molecule has 4 N–H and O–H groups in total. The number of nitrogens with zero attached hydrogens (tertiary/aromatic N) is 1. The maximum Gasteiger partial charge on any atom is 0.401 e. The van der Waals surface area contributed by atoms with Gasteiger partial charge in [-0.15, -0.1) is 0 Å². The lowest BCUT2D eigenvalue weighted by Crippen LogP contribution is -2.21. The van der Waals surface area contributed by atoms with Crippen molar-refractivity contribution in [1.29, 1.82) is 0 Å². The molecule has 2 aliphatic rings. The van der Waals surface area contributed by atoms with E-state index >= 15 is 0 Å². The van der Waals surface area contributed by atoms with Crippen LogP contribution < -0.4 is 33.8 Å². The molecule has 0 bridgehead atoms. The Morgan fingerprint density at radius 2 is 0.938 bits per heavy atom. The van der Waals surface area contributed by atoms with Crippen molar-refractivity contribution in [3.05, 3.63) is 72.8 Å². The second-order valence-corrected chi connectivity index (χ2v) is 12.6. The summed E-state index contributed by atoms with van der Waals surface area (Å²) in [6.45, 7) is 17.3. The number of hydrogen-bond acceptors (Lipinski definition) is 8. The van der Waals surface area contributed by atoms with Gasteiger partial charge in [0.05, 0.1) is 10.8 Å². The molecule has 0 radical (unpaired) electrons. The number of hydrogen-bond donors (Lipinski definition) is 3. The first-order valence-corrected chi connectivity index (χ1v) is 19.4. The minimum Gasteiger partial charge on any atom is -0.426 e. The molecule has 4 aromatic carbocycles. The second kappa shape index (κ2) is 28.7. The van der Waals surface area contributed by atoms with E-state index in [1.54, 1.807) is 0 Å². The fourth-order valence-electron chi connectivity index (χ4n) is 3.98. The minimum absolute atomic E-state index is 0. The predicted molar refractivity (Wildman–Crippen MR) is 216 cm³/mol. The molecule has 0 unspecified atom stereocenters. The van der Waals surface area contributed by atoms with Gasteiger partial charge in [0.15, 0.2) is 0 Å². The van der Waals surface area contributed by atoms with Crippen molar-refractivity contribution in [3.63, 3.8) is 0 Å². The molecule has 4 aromatic rings. The monoisotopic (exact) mass is 744 g/mol. The van der Waals surface area contributed by atoms with Crippen LogP contribution in [0.1, 0.15) is 69.2 Å². The molecule has 2 heterocycles. The van der Waals surface area contributed by atoms with Crippen molar-refractivity contribution in [1.82, 2.24) is 14.8 Å². The Kier molecular flexibility index (Phi) is 28.7. The van der Waals surface area contributed by atoms with E-state index in [1.807, 2.05) is 74.6 Å². The third-order valence-corrected chi connectivity index (χ3v) is 8.97. The summed E-state index contributed by atoms with van der Waals surface area (Å²) in [6, 6.07) is 23.8. The van der Waals surface area contributed by atoms with E-state index in [0.717, 1.165) is 51.1 Å². The number of nitrogens with one attached hydrogen (secondary N) is 2. The smallest absolute Gasteiger partial charge is 0.401 e. The van der Waals surface area contributed by atoms with Crippen LogP contribution in [0, 0.1) is 0 Å². The van der Waals surface area contributed by atoms with E-state index in [-0.39, 0.29) is 14.9 Å². The highest BCUT2D eigenvalue weighted by Gasteiger charge is 2.23. The molecule has 0 aromatic heterocycles. The Hall–Kier alpha value is -2.12. The van der Waals surface area contributed by atoms with Crippen LogP contribution in [-0.2, 0) is 0 Å². The van der Waals surface area contributed by atoms with Gasteiger partial charge in [0, 0.05) is 6.54 Å². The van der Waals surface area contributed by atoms with Crippen molar-refractivity contribution in [2.75, 3.05) is 40.3 Å². The van der Waals surface area contributed by atoms with Gasteiger partial charge in [0.25, 0.3) is 0 Å². The lowest BCUT2D eigenvalue weighted by molar-refractivity contribution is 0.321. The summed E-state index contributed by atoms with van der Waals surface area (Å²) in [4.78, 5) is 4.78. The Bertz CT molecular complexity index is 1290. The van der Waals surface area contributed by atoms with Gasteiger partial charge in [-0.2, -0.15) is 0 Å². The molecule has 2 aliphatic heterocycles. The van der Waals surface area contributed by atoms with E-state index in [9.17, 15) is 0 Å². The van der Waals surface area contributed by atoms with Crippen LogP contribution in [0.25, 0.3) is 21.5 Å². The topological polar surface area (TPSA) is 90.2 Å². The van der Waals surface area contributed by atoms with E-state index in [4.69, 9.17) is 41.1 Å². The largest absolute Gasteiger partial charge is 0.426 e. The van der Waals surface area contributed by atoms with Crippen molar-refractivity contribution in [2.24, 2.45) is 5.73 Å². The summed E-state index contributed by atoms with van der Waals surface area (Å²) in [5, 5.41) is 7.34. The van der Waals surface area contributed by atoms with E-state index in [0.29, 0.717) is 0 Å². The quantitative estimate of drug-likeness (QED) is 0.133. The Balaban J connectivity index is 0. The lowest BCUT2D eigenvalue weighted by Gasteiger charge is -2.24. The molecule has 0 saturated heterocycles. The summed E-state index contributed by atoms with van der Waals surface area (Å²) in [5.41, 5.74) is 4.50. The molecular formula is C36H60Cl2N4O4P2. The fraction of sp³-hybridized carbons (Fsp3) is 0.444. The zero-order chi connectivity index (χ0) is 34.3. The molecule has 0 atom stereocenters. The third-order valence-electron chi connectivity index (χ3n) is 6.52. The highest BCUT2D eigenvalue weighted by atomic mass is 35.7. The lowest BCUT2D eigenvalue weighted by atomic mass is 10.1. The molecule has 272 valence electrons. The van der Waals surface area contributed by atoms with E-state index < -0.39 is 16.3 Å². The van der Waals surface area contributed by atoms with Gasteiger partial charge in [-0.25, -0.2) is 9.92 Å². The molecular weight excluding hydrogens is 685 g/mol. The maximum atomic E-state index is 5.85. The summed E-state index contributed by atoms with van der Waals surface area (Å²) in [6.07, 6.45) is 2.64. The maximum absolute atomic E-state index is 5.85. The molecule has 0 saturated carbocycles. The van der Waals surface area contributed by atoms with E-state index in [1.165, 1.54) is 39.5 Å². The van der Waals surface area contributed by atoms with Crippen LogP contribution in [-0.4, -0.2) is 45.2 Å². The van der Waals surface area contributed by atoms with Crippen molar-refractivity contribution in [2.45, 2.75) is 69.2 Å². The van der Waals surface area contributed by atoms with Gasteiger partial charge in [-0.05, 0) is 91.8 Å². The van der Waals surface area contributed by atoms with Crippen LogP contribution in [0.5, 0.6) is 23.0 Å². The van der Waals surface area contributed by atoms with Crippen LogP contribution in [0.3, 0.4) is 0 Å². The average Bonchev–Trinajstić information content (AvgIpc) is 3.11. The first-order valence-electron chi connectivity index (χ1n) is 15.7. The number of halogens is 2. The van der Waals surface area contributed by atoms with Gasteiger partial charge < -0.3 is 28.7 Å². The Morgan fingerprint density at radius 3 is 1.17 bits per heavy atom. The highest BCUT2D eigenvalue weighted by Crippen LogP contribution is 2.53. The van der Waals surface area contributed by atoms with Gasteiger partial charge >= 0.3 is 16.3 Å². The van der Waals surface area contributed by atoms with Crippen molar-refractivity contribution < 1.29 is 18.1 Å². The zero-order valence-electron chi connectivity index (χ0n) is 28.5. The molecule has 0 amide bonds. The van der Waals surface area contributed by atoms with Crippen LogP contribution in [0.2, 0.25) is 0 Å². The van der Waals surface area contributed by atoms with Crippen molar-refractivity contribution >= 4 is 60.8 Å². The second-order valence-electron chi connectivity index (χ2n) is 9.39. The number of unbranched alkanes of at least 4 members (excludes halogenated alkanes) is 1. The predicted octanol–water partition coefficient (Wildman–Crippen LogP) is 11.9. The zero-order valence-corrected chi connectivity index (χ0v) is 31.8. The number of rotatable bonds is 6. The fourth-order valence-corrected chi connectivity index (χ4v) is 5.96. The molecule has 0 spiro atoms. The van der Waals surface area contributed by atoms with Crippen LogP contribution in [0.15, 0.2) is 72.8 Å². The van der Waals surface area contributed by atoms with Gasteiger partial charge in [0.2, 0.25) is 0 Å². The van der Waals surface area contributed by atoms with E-state index in [2.05, 4.69) is 67.3 Å². The molecule has 0 fully saturated rings. The summed E-state index contributed by atoms with van der Waals surface area (Å²) >= 11 is 10.8.